The highest BCUT2D eigenvalue weighted by Crippen LogP contribution is 2.29. The predicted molar refractivity (Wildman–Crippen MR) is 59.6 cm³/mol. The first-order valence-corrected chi connectivity index (χ1v) is 5.04. The van der Waals surface area contributed by atoms with Crippen LogP contribution in [-0.2, 0) is 0 Å². The van der Waals surface area contributed by atoms with Gasteiger partial charge in [0.1, 0.15) is 5.82 Å². The fourth-order valence-corrected chi connectivity index (χ4v) is 1.80. The summed E-state index contributed by atoms with van der Waals surface area (Å²) >= 11 is 11.8. The topological polar surface area (TPSA) is 38.0 Å². The van der Waals surface area contributed by atoms with Gasteiger partial charge < -0.3 is 5.21 Å². The lowest BCUT2D eigenvalue weighted by molar-refractivity contribution is 0.179. The molecule has 0 atom stereocenters. The van der Waals surface area contributed by atoms with Crippen molar-refractivity contribution in [1.82, 2.24) is 9.71 Å². The maximum Gasteiger partial charge on any atom is 0.142 e. The Labute approximate surface area is 96.8 Å². The van der Waals surface area contributed by atoms with Crippen LogP contribution in [-0.4, -0.2) is 14.9 Å². The Balaban J connectivity index is 2.54. The summed E-state index contributed by atoms with van der Waals surface area (Å²) in [7, 11) is 0. The number of halogens is 2. The third-order valence-electron chi connectivity index (χ3n) is 2.07. The molecule has 1 heterocycles. The Bertz CT molecular complexity index is 489. The molecule has 1 aromatic heterocycles. The maximum atomic E-state index is 9.33. The summed E-state index contributed by atoms with van der Waals surface area (Å²) in [4.78, 5) is 4.16. The van der Waals surface area contributed by atoms with E-state index in [2.05, 4.69) is 4.98 Å². The normalized spacial score (nSPS) is 10.6. The lowest BCUT2D eigenvalue weighted by Gasteiger charge is -2.00. The molecule has 0 fully saturated rings. The average Bonchev–Trinajstić information content (AvgIpc) is 2.46. The first-order chi connectivity index (χ1) is 7.08. The van der Waals surface area contributed by atoms with Crippen molar-refractivity contribution >= 4 is 23.2 Å². The zero-order valence-electron chi connectivity index (χ0n) is 7.91. The van der Waals surface area contributed by atoms with E-state index < -0.39 is 0 Å². The van der Waals surface area contributed by atoms with Crippen molar-refractivity contribution in [2.24, 2.45) is 0 Å². The Morgan fingerprint density at radius 2 is 2.07 bits per heavy atom. The highest BCUT2D eigenvalue weighted by atomic mass is 35.5. The van der Waals surface area contributed by atoms with Gasteiger partial charge in [0, 0.05) is 10.6 Å². The summed E-state index contributed by atoms with van der Waals surface area (Å²) in [5, 5.41) is 10.4. The largest absolute Gasteiger partial charge is 0.427 e. The summed E-state index contributed by atoms with van der Waals surface area (Å²) in [5.74, 6) is 0.510. The van der Waals surface area contributed by atoms with Crippen LogP contribution in [0.1, 0.15) is 5.82 Å². The van der Waals surface area contributed by atoms with E-state index in [1.807, 2.05) is 0 Å². The zero-order chi connectivity index (χ0) is 11.0. The number of aryl methyl sites for hydroxylation is 1. The highest BCUT2D eigenvalue weighted by Gasteiger charge is 2.09. The molecule has 0 aliphatic carbocycles. The molecule has 0 saturated carbocycles. The molecule has 0 aliphatic heterocycles. The van der Waals surface area contributed by atoms with Crippen LogP contribution in [0.15, 0.2) is 24.4 Å². The summed E-state index contributed by atoms with van der Waals surface area (Å²) in [6.07, 6.45) is 1.50. The molecule has 15 heavy (non-hydrogen) atoms. The first kappa shape index (κ1) is 10.3. The molecule has 2 aromatic rings. The number of hydrogen-bond donors (Lipinski definition) is 1. The van der Waals surface area contributed by atoms with E-state index in [4.69, 9.17) is 23.2 Å². The number of benzene rings is 1. The van der Waals surface area contributed by atoms with Crippen LogP contribution in [0, 0.1) is 6.92 Å². The van der Waals surface area contributed by atoms with Gasteiger partial charge in [-0.3, -0.25) is 0 Å². The van der Waals surface area contributed by atoms with Crippen LogP contribution < -0.4 is 0 Å². The second-order valence-corrected chi connectivity index (χ2v) is 3.99. The molecule has 2 rings (SSSR count). The molecule has 0 radical (unpaired) electrons. The lowest BCUT2D eigenvalue weighted by Crippen LogP contribution is -1.89. The van der Waals surface area contributed by atoms with Gasteiger partial charge in [-0.2, -0.15) is 4.73 Å². The average molecular weight is 243 g/mol. The highest BCUT2D eigenvalue weighted by molar-refractivity contribution is 6.36. The van der Waals surface area contributed by atoms with Gasteiger partial charge in [0.25, 0.3) is 0 Å². The van der Waals surface area contributed by atoms with Crippen molar-refractivity contribution in [3.63, 3.8) is 0 Å². The van der Waals surface area contributed by atoms with Crippen molar-refractivity contribution in [2.75, 3.05) is 0 Å². The number of nitrogens with zero attached hydrogens (tertiary/aromatic N) is 2. The van der Waals surface area contributed by atoms with E-state index in [9.17, 15) is 5.21 Å². The molecule has 3 nitrogen and oxygen atoms in total. The van der Waals surface area contributed by atoms with Crippen molar-refractivity contribution in [3.8, 4) is 11.3 Å². The van der Waals surface area contributed by atoms with Crippen molar-refractivity contribution < 1.29 is 5.21 Å². The van der Waals surface area contributed by atoms with Gasteiger partial charge in [-0.15, -0.1) is 0 Å². The Morgan fingerprint density at radius 1 is 1.33 bits per heavy atom. The Hall–Kier alpha value is -1.19. The number of imidazole rings is 1. The summed E-state index contributed by atoms with van der Waals surface area (Å²) < 4.78 is 0.959. The molecular formula is C10H8Cl2N2O. The van der Waals surface area contributed by atoms with Crippen LogP contribution >= 0.6 is 23.2 Å². The van der Waals surface area contributed by atoms with Crippen LogP contribution in [0.3, 0.4) is 0 Å². The lowest BCUT2D eigenvalue weighted by atomic mass is 10.2. The van der Waals surface area contributed by atoms with Gasteiger partial charge in [0.15, 0.2) is 0 Å². The van der Waals surface area contributed by atoms with E-state index >= 15 is 0 Å². The molecule has 0 unspecified atom stereocenters. The molecule has 1 N–H and O–H groups in total. The fraction of sp³-hybridized carbons (Fsp3) is 0.100. The second kappa shape index (κ2) is 3.76. The van der Waals surface area contributed by atoms with E-state index in [0.717, 1.165) is 10.3 Å². The monoisotopic (exact) mass is 242 g/mol. The SMILES string of the molecule is Cc1nc(-c2ccc(Cl)cc2Cl)cn1O. The molecule has 5 heteroatoms. The molecule has 0 amide bonds. The van der Waals surface area contributed by atoms with Gasteiger partial charge in [-0.05, 0) is 25.1 Å². The number of rotatable bonds is 1. The van der Waals surface area contributed by atoms with Gasteiger partial charge in [-0.1, -0.05) is 23.2 Å². The van der Waals surface area contributed by atoms with Crippen LogP contribution in [0.4, 0.5) is 0 Å². The third kappa shape index (κ3) is 1.94. The second-order valence-electron chi connectivity index (χ2n) is 3.14. The molecule has 1 aromatic carbocycles. The van der Waals surface area contributed by atoms with E-state index in [-0.39, 0.29) is 0 Å². The Kier molecular flexibility index (Phi) is 2.59. The summed E-state index contributed by atoms with van der Waals surface area (Å²) in [5.41, 5.74) is 1.37. The maximum absolute atomic E-state index is 9.33. The van der Waals surface area contributed by atoms with Crippen LogP contribution in [0.5, 0.6) is 0 Å². The van der Waals surface area contributed by atoms with Crippen molar-refractivity contribution in [3.05, 3.63) is 40.3 Å². The quantitative estimate of drug-likeness (QED) is 0.779. The van der Waals surface area contributed by atoms with E-state index in [0.29, 0.717) is 21.6 Å². The van der Waals surface area contributed by atoms with Crippen LogP contribution in [0.25, 0.3) is 11.3 Å². The minimum Gasteiger partial charge on any atom is -0.427 e. The summed E-state index contributed by atoms with van der Waals surface area (Å²) in [6.45, 7) is 1.70. The smallest absolute Gasteiger partial charge is 0.142 e. The molecule has 0 bridgehead atoms. The summed E-state index contributed by atoms with van der Waals surface area (Å²) in [6, 6.07) is 5.14. The van der Waals surface area contributed by atoms with Gasteiger partial charge in [0.05, 0.1) is 16.9 Å². The standard InChI is InChI=1S/C10H8Cl2N2O/c1-6-13-10(5-14(6)15)8-3-2-7(11)4-9(8)12/h2-5,15H,1H3. The minimum absolute atomic E-state index is 0.510. The zero-order valence-corrected chi connectivity index (χ0v) is 9.42. The molecular weight excluding hydrogens is 235 g/mol. The van der Waals surface area contributed by atoms with Crippen LogP contribution in [0.2, 0.25) is 10.0 Å². The van der Waals surface area contributed by atoms with Crippen molar-refractivity contribution in [1.29, 1.82) is 0 Å². The third-order valence-corrected chi connectivity index (χ3v) is 2.61. The minimum atomic E-state index is 0.510. The van der Waals surface area contributed by atoms with Gasteiger partial charge in [0.2, 0.25) is 0 Å². The number of hydrogen-bond acceptors (Lipinski definition) is 2. The van der Waals surface area contributed by atoms with E-state index in [1.165, 1.54) is 6.20 Å². The molecule has 0 saturated heterocycles. The predicted octanol–water partition coefficient (Wildman–Crippen LogP) is 3.40. The Morgan fingerprint density at radius 3 is 2.60 bits per heavy atom. The van der Waals surface area contributed by atoms with E-state index in [1.54, 1.807) is 25.1 Å². The first-order valence-electron chi connectivity index (χ1n) is 4.28. The fourth-order valence-electron chi connectivity index (χ4n) is 1.29. The van der Waals surface area contributed by atoms with Gasteiger partial charge >= 0.3 is 0 Å². The molecule has 78 valence electrons. The number of aromatic nitrogens is 2. The molecule has 0 aliphatic rings. The van der Waals surface area contributed by atoms with Gasteiger partial charge in [-0.25, -0.2) is 4.98 Å². The van der Waals surface area contributed by atoms with Crippen molar-refractivity contribution in [2.45, 2.75) is 6.92 Å². The molecule has 0 spiro atoms.